The third kappa shape index (κ3) is 0.951. The van der Waals surface area contributed by atoms with E-state index in [0.717, 1.165) is 0 Å². The Morgan fingerprint density at radius 2 is 2.75 bits per heavy atom. The summed E-state index contributed by atoms with van der Waals surface area (Å²) >= 11 is 5.57. The summed E-state index contributed by atoms with van der Waals surface area (Å²) in [7, 11) is 0. The van der Waals surface area contributed by atoms with Crippen LogP contribution in [-0.2, 0) is 4.84 Å². The topological polar surface area (TPSA) is 47.3 Å². The zero-order valence-corrected chi connectivity index (χ0v) is 5.14. The van der Waals surface area contributed by atoms with Crippen LogP contribution < -0.4 is 11.2 Å². The second-order valence-electron chi connectivity index (χ2n) is 1.55. The van der Waals surface area contributed by atoms with Gasteiger partial charge >= 0.3 is 0 Å². The predicted octanol–water partition coefficient (Wildman–Crippen LogP) is -0.198. The monoisotopic (exact) mass is 139 g/mol. The fourth-order valence-electron chi connectivity index (χ4n) is 0.432. The normalized spacial score (nSPS) is 73.9. The van der Waals surface area contributed by atoms with Crippen molar-refractivity contribution in [3.63, 3.8) is 0 Å². The number of alkyl halides is 1. The lowest BCUT2D eigenvalue weighted by atomic mass is 10.2. The van der Waals surface area contributed by atoms with Gasteiger partial charge in [0.05, 0.1) is 8.09 Å². The minimum absolute atomic E-state index is 0.442. The maximum absolute atomic E-state index is 7.44. The molecule has 3 atom stereocenters. The number of hydrogen-bond donors (Lipinski definition) is 2. The Labute approximate surface area is 57.4 Å². The Bertz CT molecular complexity index is 159. The smallest absolute Gasteiger partial charge is 0.155 e. The van der Waals surface area contributed by atoms with Crippen molar-refractivity contribution in [2.24, 2.45) is 5.73 Å². The molecule has 0 aliphatic carbocycles. The van der Waals surface area contributed by atoms with Crippen LogP contribution in [0.4, 0.5) is 0 Å². The molecular formula is C4H9ClN2O. The van der Waals surface area contributed by atoms with Gasteiger partial charge in [0.15, 0.2) is 1.41 Å². The van der Waals surface area contributed by atoms with Gasteiger partial charge in [0.1, 0.15) is 6.23 Å². The second-order valence-corrected chi connectivity index (χ2v) is 1.96. The molecular weight excluding hydrogens is 128 g/mol. The van der Waals surface area contributed by atoms with Gasteiger partial charge in [0, 0.05) is 6.02 Å². The highest BCUT2D eigenvalue weighted by molar-refractivity contribution is 6.21. The van der Waals surface area contributed by atoms with Crippen molar-refractivity contribution in [3.8, 4) is 0 Å². The first-order valence-corrected chi connectivity index (χ1v) is 2.58. The van der Waals surface area contributed by atoms with E-state index in [-0.39, 0.29) is 0 Å². The van der Waals surface area contributed by atoms with Crippen molar-refractivity contribution in [1.82, 2.24) is 5.47 Å². The van der Waals surface area contributed by atoms with Crippen LogP contribution in [-0.4, -0.2) is 17.6 Å². The van der Waals surface area contributed by atoms with Crippen molar-refractivity contribution in [1.29, 1.82) is 0 Å². The van der Waals surface area contributed by atoms with E-state index in [9.17, 15) is 0 Å². The lowest BCUT2D eigenvalue weighted by molar-refractivity contribution is 0.0321. The quantitative estimate of drug-likeness (QED) is 0.457. The number of nitrogens with one attached hydrogen (secondary N) is 1. The number of halogens is 1. The lowest BCUT2D eigenvalue weighted by Gasteiger charge is -2.04. The van der Waals surface area contributed by atoms with Gasteiger partial charge in [-0.2, -0.15) is 5.47 Å². The predicted molar refractivity (Wildman–Crippen MR) is 31.3 cm³/mol. The largest absolute Gasteiger partial charge is 0.303 e. The van der Waals surface area contributed by atoms with E-state index >= 15 is 0 Å². The van der Waals surface area contributed by atoms with E-state index in [1.165, 1.54) is 6.92 Å². The maximum atomic E-state index is 7.44. The lowest BCUT2D eigenvalue weighted by Crippen LogP contribution is -2.30. The SMILES string of the molecule is [2H]N1OC(N)C([2H])(Cl)C1([2H])C. The molecule has 0 saturated carbocycles. The highest BCUT2D eigenvalue weighted by Crippen LogP contribution is 2.12. The van der Waals surface area contributed by atoms with Crippen molar-refractivity contribution in [2.45, 2.75) is 24.5 Å². The van der Waals surface area contributed by atoms with E-state index in [4.69, 9.17) is 21.5 Å². The van der Waals surface area contributed by atoms with E-state index in [2.05, 4.69) is 4.84 Å². The summed E-state index contributed by atoms with van der Waals surface area (Å²) in [6, 6.07) is -1.64. The van der Waals surface area contributed by atoms with Crippen molar-refractivity contribution < 1.29 is 8.99 Å². The van der Waals surface area contributed by atoms with Crippen LogP contribution in [0.3, 0.4) is 0 Å². The van der Waals surface area contributed by atoms with Gasteiger partial charge in [0.25, 0.3) is 0 Å². The van der Waals surface area contributed by atoms with Crippen LogP contribution in [0, 0.1) is 0 Å². The summed E-state index contributed by atoms with van der Waals surface area (Å²) in [6.45, 7) is 1.30. The fraction of sp³-hybridized carbons (Fsp3) is 1.00. The second kappa shape index (κ2) is 2.19. The van der Waals surface area contributed by atoms with Gasteiger partial charge in [-0.05, 0) is 6.92 Å². The van der Waals surface area contributed by atoms with Gasteiger partial charge < -0.3 is 5.73 Å². The molecule has 0 aromatic rings. The van der Waals surface area contributed by atoms with Crippen LogP contribution in [0.25, 0.3) is 0 Å². The third-order valence-corrected chi connectivity index (χ3v) is 1.39. The summed E-state index contributed by atoms with van der Waals surface area (Å²) < 4.78 is 21.9. The fourth-order valence-corrected chi connectivity index (χ4v) is 0.506. The summed E-state index contributed by atoms with van der Waals surface area (Å²) in [5.74, 6) is 0. The Hall–Kier alpha value is 0.170. The molecule has 0 radical (unpaired) electrons. The van der Waals surface area contributed by atoms with Gasteiger partial charge in [-0.1, -0.05) is 0 Å². The Morgan fingerprint density at radius 3 is 2.88 bits per heavy atom. The molecule has 48 valence electrons. The van der Waals surface area contributed by atoms with E-state index in [1.54, 1.807) is 0 Å². The summed E-state index contributed by atoms with van der Waals surface area (Å²) in [6.07, 6.45) is -1.14. The first-order chi connectivity index (χ1) is 4.80. The molecule has 1 aliphatic rings. The molecule has 0 spiro atoms. The minimum Gasteiger partial charge on any atom is -0.303 e. The highest BCUT2D eigenvalue weighted by atomic mass is 35.5. The molecule has 1 aliphatic heterocycles. The number of nitrogens with two attached hydrogens (primary N) is 1. The average Bonchev–Trinajstić information content (AvgIpc) is 1.95. The van der Waals surface area contributed by atoms with Gasteiger partial charge in [-0.15, -0.1) is 11.6 Å². The third-order valence-electron chi connectivity index (χ3n) is 0.899. The number of rotatable bonds is 0. The van der Waals surface area contributed by atoms with Crippen molar-refractivity contribution in [3.05, 3.63) is 0 Å². The van der Waals surface area contributed by atoms with Crippen LogP contribution in [0.5, 0.6) is 0 Å². The van der Waals surface area contributed by atoms with Crippen molar-refractivity contribution >= 4 is 11.6 Å². The maximum Gasteiger partial charge on any atom is 0.155 e. The van der Waals surface area contributed by atoms with Gasteiger partial charge in [0.2, 0.25) is 0 Å². The molecule has 0 aromatic carbocycles. The van der Waals surface area contributed by atoms with E-state index < -0.39 is 17.6 Å². The Balaban J connectivity index is 2.95. The molecule has 1 fully saturated rings. The van der Waals surface area contributed by atoms with Crippen LogP contribution in [0.15, 0.2) is 0 Å². The van der Waals surface area contributed by atoms with E-state index in [0.29, 0.717) is 5.47 Å². The first-order valence-electron chi connectivity index (χ1n) is 3.65. The Kier molecular flexibility index (Phi) is 0.921. The van der Waals surface area contributed by atoms with Gasteiger partial charge in [-0.25, -0.2) is 0 Å². The van der Waals surface area contributed by atoms with Gasteiger partial charge in [-0.3, -0.25) is 4.84 Å². The Morgan fingerprint density at radius 1 is 2.12 bits per heavy atom. The molecule has 1 heterocycles. The first kappa shape index (κ1) is 3.37. The summed E-state index contributed by atoms with van der Waals surface area (Å²) in [5.41, 5.74) is 5.70. The zero-order chi connectivity index (χ0) is 8.86. The molecule has 3 N–H and O–H groups in total. The number of hydroxylamine groups is 1. The van der Waals surface area contributed by atoms with Crippen molar-refractivity contribution in [2.75, 3.05) is 0 Å². The standard InChI is InChI=1S/C4H9ClN2O/c1-2-3(5)4(6)8-7-2/h2-4,7H,6H2,1H3/i2D,3D/hD. The molecule has 0 amide bonds. The molecule has 3 unspecified atom stereocenters. The number of hydrogen-bond acceptors (Lipinski definition) is 3. The van der Waals surface area contributed by atoms with Crippen LogP contribution in [0.2, 0.25) is 1.41 Å². The molecule has 1 saturated heterocycles. The molecule has 4 heteroatoms. The molecule has 3 nitrogen and oxygen atoms in total. The molecule has 0 bridgehead atoms. The minimum atomic E-state index is -1.80. The van der Waals surface area contributed by atoms with Crippen LogP contribution in [0.1, 0.15) is 9.67 Å². The summed E-state index contributed by atoms with van der Waals surface area (Å²) in [4.78, 5) is 4.56. The molecule has 1 rings (SSSR count). The molecule has 8 heavy (non-hydrogen) atoms. The van der Waals surface area contributed by atoms with Crippen LogP contribution >= 0.6 is 11.6 Å². The zero-order valence-electron chi connectivity index (χ0n) is 7.39. The highest BCUT2D eigenvalue weighted by Gasteiger charge is 2.29. The van der Waals surface area contributed by atoms with E-state index in [1.807, 2.05) is 0 Å². The summed E-state index contributed by atoms with van der Waals surface area (Å²) in [5, 5.41) is -1.80. The molecule has 0 aromatic heterocycles. The average molecular weight is 140 g/mol.